The Labute approximate surface area is 36.9 Å². The fraction of sp³-hybridized carbons (Fsp3) is 0.500. The summed E-state index contributed by atoms with van der Waals surface area (Å²) < 4.78 is 33.3. The van der Waals surface area contributed by atoms with Gasteiger partial charge in [-0.25, -0.2) is 4.79 Å². The lowest BCUT2D eigenvalue weighted by atomic mass is 11.3. The Bertz CT molecular complexity index is 65.8. The van der Waals surface area contributed by atoms with Crippen LogP contribution in [0.1, 0.15) is 0 Å². The Kier molecular flexibility index (Phi) is 1.62. The van der Waals surface area contributed by atoms with Crippen molar-refractivity contribution in [3.63, 3.8) is 0 Å². The minimum Gasteiger partial charge on any atom is -0.640 e. The monoisotopic (exact) mass is 114 g/mol. The summed E-state index contributed by atoms with van der Waals surface area (Å²) >= 11 is 0. The van der Waals surface area contributed by atoms with Gasteiger partial charge in [0.1, 0.15) is 0 Å². The van der Waals surface area contributed by atoms with Gasteiger partial charge in [-0.3, -0.25) is 0 Å². The molecule has 0 spiro atoms. The first-order valence-electron chi connectivity index (χ1n) is 1.22. The first kappa shape index (κ1) is 6.26. The van der Waals surface area contributed by atoms with Crippen molar-refractivity contribution >= 4 is 6.47 Å². The van der Waals surface area contributed by atoms with Crippen LogP contribution in [-0.4, -0.2) is 17.6 Å². The number of hydrogen-bond donors (Lipinski definition) is 0. The third-order valence-corrected chi connectivity index (χ3v) is 0.172. The first-order chi connectivity index (χ1) is 3.06. The fourth-order valence-electron chi connectivity index (χ4n) is 0.0518. The van der Waals surface area contributed by atoms with Crippen molar-refractivity contribution in [3.05, 3.63) is 0 Å². The van der Waals surface area contributed by atoms with Crippen LogP contribution in [-0.2, 0) is 4.79 Å². The predicted molar refractivity (Wildman–Crippen MR) is 14.0 cm³/mol. The summed E-state index contributed by atoms with van der Waals surface area (Å²) in [5.41, 5.74) is 0. The standard InChI is InChI=1S/C2HF3O2/c3-2(4,5)7-1-6/h7H. The molecular formula is C2HF3O2. The topological polar surface area (TPSA) is 29.9 Å². The SMILES string of the molecule is O=[C-][OH+]C(F)(F)F. The van der Waals surface area contributed by atoms with Crippen molar-refractivity contribution in [1.29, 1.82) is 0 Å². The predicted octanol–water partition coefficient (Wildman–Crippen LogP) is 0.101. The quantitative estimate of drug-likeness (QED) is 0.351. The van der Waals surface area contributed by atoms with E-state index in [-0.39, 0.29) is 0 Å². The third kappa shape index (κ3) is 5.26. The number of hydrogen-bond acceptors (Lipinski definition) is 1. The maximum Gasteiger partial charge on any atom is 0.591 e. The molecule has 0 aromatic rings. The lowest BCUT2D eigenvalue weighted by molar-refractivity contribution is -0.351. The molecule has 0 saturated carbocycles. The van der Waals surface area contributed by atoms with Gasteiger partial charge in [-0.15, -0.1) is 13.2 Å². The molecule has 0 rings (SSSR count). The highest BCUT2D eigenvalue weighted by Gasteiger charge is 2.27. The first-order valence-corrected chi connectivity index (χ1v) is 1.22. The normalized spacial score (nSPS) is 10.7. The van der Waals surface area contributed by atoms with Crippen molar-refractivity contribution in [2.75, 3.05) is 0 Å². The van der Waals surface area contributed by atoms with E-state index in [4.69, 9.17) is 4.79 Å². The molecule has 0 unspecified atom stereocenters. The zero-order chi connectivity index (χ0) is 5.91. The highest BCUT2D eigenvalue weighted by atomic mass is 19.4. The van der Waals surface area contributed by atoms with Crippen LogP contribution in [0.2, 0.25) is 0 Å². The molecule has 0 fully saturated rings. The van der Waals surface area contributed by atoms with Crippen molar-refractivity contribution in [3.8, 4) is 0 Å². The second-order valence-corrected chi connectivity index (χ2v) is 0.671. The highest BCUT2D eigenvalue weighted by molar-refractivity contribution is 5.36. The van der Waals surface area contributed by atoms with Gasteiger partial charge in [0.15, 0.2) is 0 Å². The molecule has 0 radical (unpaired) electrons. The number of rotatable bonds is 1. The fourth-order valence-corrected chi connectivity index (χ4v) is 0.0518. The Balaban J connectivity index is 3.34. The largest absolute Gasteiger partial charge is 0.640 e. The lowest BCUT2D eigenvalue weighted by Crippen LogP contribution is -2.16. The number of aliphatic hydroxyl groups is 1. The molecule has 0 aromatic carbocycles. The van der Waals surface area contributed by atoms with Gasteiger partial charge in [-0.1, -0.05) is 0 Å². The van der Waals surface area contributed by atoms with E-state index in [1.807, 2.05) is 0 Å². The Morgan fingerprint density at radius 1 is 1.43 bits per heavy atom. The molecule has 0 aliphatic heterocycles. The van der Waals surface area contributed by atoms with Gasteiger partial charge in [-0.2, -0.15) is 0 Å². The zero-order valence-electron chi connectivity index (χ0n) is 2.99. The average Bonchev–Trinajstić information content (AvgIpc) is 1.30. The molecule has 0 bridgehead atoms. The van der Waals surface area contributed by atoms with E-state index >= 15 is 0 Å². The Hall–Kier alpha value is -0.740. The second-order valence-electron chi connectivity index (χ2n) is 0.671. The number of alkyl halides is 3. The van der Waals surface area contributed by atoms with Crippen LogP contribution >= 0.6 is 0 Å². The van der Waals surface area contributed by atoms with E-state index in [9.17, 15) is 13.2 Å². The number of ether oxygens (including phenoxy) is 1. The van der Waals surface area contributed by atoms with Gasteiger partial charge in [0.2, 0.25) is 6.47 Å². The van der Waals surface area contributed by atoms with Crippen LogP contribution in [0.3, 0.4) is 0 Å². The van der Waals surface area contributed by atoms with Gasteiger partial charge < -0.3 is 4.74 Å². The molecule has 0 aliphatic carbocycles. The maximum atomic E-state index is 10.6. The summed E-state index contributed by atoms with van der Waals surface area (Å²) in [7, 11) is 0. The average molecular weight is 114 g/mol. The van der Waals surface area contributed by atoms with E-state index in [2.05, 4.69) is 0 Å². The van der Waals surface area contributed by atoms with Gasteiger partial charge in [0.25, 0.3) is 0 Å². The number of halogens is 3. The van der Waals surface area contributed by atoms with Gasteiger partial charge in [0.05, 0.1) is 0 Å². The Morgan fingerprint density at radius 3 is 1.86 bits per heavy atom. The third-order valence-electron chi connectivity index (χ3n) is 0.172. The molecule has 0 amide bonds. The summed E-state index contributed by atoms with van der Waals surface area (Å²) in [6, 6.07) is 0. The molecule has 2 nitrogen and oxygen atoms in total. The summed E-state index contributed by atoms with van der Waals surface area (Å²) in [5, 5.41) is 0. The van der Waals surface area contributed by atoms with Gasteiger partial charge >= 0.3 is 6.36 Å². The van der Waals surface area contributed by atoms with Crippen molar-refractivity contribution in [2.24, 2.45) is 0 Å². The molecule has 5 heteroatoms. The summed E-state index contributed by atoms with van der Waals surface area (Å²) in [5.74, 6) is 0. The molecule has 0 heterocycles. The molecule has 0 atom stereocenters. The van der Waals surface area contributed by atoms with Crippen LogP contribution < -0.4 is 0 Å². The zero-order valence-corrected chi connectivity index (χ0v) is 2.99. The molecule has 0 aliphatic rings. The van der Waals surface area contributed by atoms with Crippen molar-refractivity contribution in [1.82, 2.24) is 0 Å². The highest BCUT2D eigenvalue weighted by Crippen LogP contribution is 2.10. The van der Waals surface area contributed by atoms with E-state index in [0.717, 1.165) is 0 Å². The molecule has 0 saturated heterocycles. The van der Waals surface area contributed by atoms with E-state index in [1.165, 1.54) is 4.74 Å². The maximum absolute atomic E-state index is 10.6. The smallest absolute Gasteiger partial charge is 0.591 e. The van der Waals surface area contributed by atoms with Crippen LogP contribution in [0.15, 0.2) is 0 Å². The molecule has 1 N–H and O–H groups in total. The molecule has 42 valence electrons. The van der Waals surface area contributed by atoms with Crippen molar-refractivity contribution in [2.45, 2.75) is 6.36 Å². The van der Waals surface area contributed by atoms with E-state index in [0.29, 0.717) is 6.47 Å². The van der Waals surface area contributed by atoms with Crippen LogP contribution in [0.4, 0.5) is 13.2 Å². The van der Waals surface area contributed by atoms with Gasteiger partial charge in [0, 0.05) is 0 Å². The Morgan fingerprint density at radius 2 is 1.86 bits per heavy atom. The van der Waals surface area contributed by atoms with Crippen LogP contribution in [0.25, 0.3) is 0 Å². The minimum absolute atomic E-state index is 0.358. The van der Waals surface area contributed by atoms with Crippen molar-refractivity contribution < 1.29 is 22.7 Å². The van der Waals surface area contributed by atoms with Crippen LogP contribution in [0, 0.1) is 0 Å². The van der Waals surface area contributed by atoms with E-state index in [1.54, 1.807) is 0 Å². The summed E-state index contributed by atoms with van der Waals surface area (Å²) in [6.07, 6.45) is -4.75. The minimum atomic E-state index is -4.75. The lowest BCUT2D eigenvalue weighted by Gasteiger charge is -2.05. The summed E-state index contributed by atoms with van der Waals surface area (Å²) in [4.78, 5) is 8.81. The molecule has 0 aromatic heterocycles. The van der Waals surface area contributed by atoms with Crippen LogP contribution in [0.5, 0.6) is 0 Å². The van der Waals surface area contributed by atoms with E-state index < -0.39 is 6.36 Å². The molecule has 7 heavy (non-hydrogen) atoms. The second kappa shape index (κ2) is 1.81. The summed E-state index contributed by atoms with van der Waals surface area (Å²) in [6.45, 7) is 0.358. The molecular weight excluding hydrogens is 113 g/mol. The van der Waals surface area contributed by atoms with Gasteiger partial charge in [-0.05, 0) is 0 Å².